The number of rotatable bonds is 5. The molecule has 0 saturated carbocycles. The van der Waals surface area contributed by atoms with Gasteiger partial charge in [-0.15, -0.1) is 4.47 Å². The van der Waals surface area contributed by atoms with Crippen LogP contribution in [0.5, 0.6) is 5.75 Å². The molecule has 0 saturated heterocycles. The molecule has 3 N–H and O–H groups in total. The Morgan fingerprint density at radius 3 is 2.44 bits per heavy atom. The zero-order chi connectivity index (χ0) is 12.1. The van der Waals surface area contributed by atoms with E-state index in [9.17, 15) is 5.21 Å². The molecule has 6 nitrogen and oxygen atoms in total. The van der Waals surface area contributed by atoms with E-state index in [2.05, 4.69) is 9.97 Å². The van der Waals surface area contributed by atoms with E-state index < -0.39 is 0 Å². The van der Waals surface area contributed by atoms with Crippen LogP contribution in [-0.2, 0) is 0 Å². The Hall–Kier alpha value is -0.890. The van der Waals surface area contributed by atoms with Crippen LogP contribution in [0.1, 0.15) is 25.6 Å². The van der Waals surface area contributed by atoms with Crippen LogP contribution < -0.4 is 9.88 Å². The third-order valence-electron chi connectivity index (χ3n) is 2.47. The molecular weight excluding hydrogens is 228 g/mol. The second kappa shape index (κ2) is 6.00. The molecule has 16 heavy (non-hydrogen) atoms. The maximum atomic E-state index is 9.45. The largest absolute Gasteiger partial charge is 0.494 e. The minimum atomic E-state index is -0.177. The van der Waals surface area contributed by atoms with Gasteiger partial charge in [0.15, 0.2) is 5.75 Å². The highest BCUT2D eigenvalue weighted by Gasteiger charge is 2.22. The van der Waals surface area contributed by atoms with Crippen molar-refractivity contribution in [3.8, 4) is 5.75 Å². The van der Waals surface area contributed by atoms with Crippen LogP contribution in [-0.4, -0.2) is 32.8 Å². The van der Waals surface area contributed by atoms with Crippen LogP contribution in [0.4, 0.5) is 0 Å². The highest BCUT2D eigenvalue weighted by atomic mass is 32.2. The second-order valence-electron chi connectivity index (χ2n) is 3.42. The van der Waals surface area contributed by atoms with Gasteiger partial charge in [0.1, 0.15) is 5.82 Å². The molecule has 1 heterocycles. The molecule has 1 aromatic heterocycles. The summed E-state index contributed by atoms with van der Waals surface area (Å²) in [7, 11) is 1.56. The average molecular weight is 244 g/mol. The summed E-state index contributed by atoms with van der Waals surface area (Å²) in [5.41, 5.74) is 0. The molecule has 2 atom stereocenters. The SMILES string of the molecule is COc1cnc(C(C)C(C)N(O)SN)nc1. The van der Waals surface area contributed by atoms with Gasteiger partial charge in [-0.25, -0.2) is 9.97 Å². The number of ether oxygens (including phenoxy) is 1. The van der Waals surface area contributed by atoms with Crippen molar-refractivity contribution in [1.29, 1.82) is 0 Å². The molecule has 0 aliphatic carbocycles. The normalized spacial score (nSPS) is 14.9. The van der Waals surface area contributed by atoms with E-state index in [1.54, 1.807) is 19.5 Å². The number of nitrogens with zero attached hydrogens (tertiary/aromatic N) is 3. The van der Waals surface area contributed by atoms with Gasteiger partial charge in [-0.2, -0.15) is 0 Å². The van der Waals surface area contributed by atoms with E-state index in [0.717, 1.165) is 16.6 Å². The van der Waals surface area contributed by atoms with Crippen LogP contribution in [0, 0.1) is 0 Å². The smallest absolute Gasteiger partial charge is 0.155 e. The van der Waals surface area contributed by atoms with Gasteiger partial charge in [0.2, 0.25) is 0 Å². The number of hydrogen-bond donors (Lipinski definition) is 2. The Kier molecular flexibility index (Phi) is 4.94. The predicted molar refractivity (Wildman–Crippen MR) is 61.9 cm³/mol. The van der Waals surface area contributed by atoms with E-state index in [-0.39, 0.29) is 12.0 Å². The Labute approximate surface area is 99.1 Å². The lowest BCUT2D eigenvalue weighted by molar-refractivity contribution is -0.0250. The molecule has 0 aliphatic rings. The first-order valence-corrected chi connectivity index (χ1v) is 5.64. The number of hydroxylamine groups is 1. The summed E-state index contributed by atoms with van der Waals surface area (Å²) in [6.07, 6.45) is 3.20. The van der Waals surface area contributed by atoms with E-state index in [1.165, 1.54) is 0 Å². The molecule has 0 bridgehead atoms. The minimum Gasteiger partial charge on any atom is -0.494 e. The highest BCUT2D eigenvalue weighted by molar-refractivity contribution is 7.94. The van der Waals surface area contributed by atoms with Crippen LogP contribution in [0.3, 0.4) is 0 Å². The van der Waals surface area contributed by atoms with Gasteiger partial charge in [-0.1, -0.05) is 6.92 Å². The maximum absolute atomic E-state index is 9.45. The van der Waals surface area contributed by atoms with Crippen molar-refractivity contribution in [2.75, 3.05) is 7.11 Å². The molecule has 0 fully saturated rings. The molecule has 7 heteroatoms. The fraction of sp³-hybridized carbons (Fsp3) is 0.556. The van der Waals surface area contributed by atoms with E-state index in [1.807, 2.05) is 13.8 Å². The Balaban J connectivity index is 2.75. The number of methoxy groups -OCH3 is 1. The first-order valence-electron chi connectivity index (χ1n) is 4.81. The zero-order valence-electron chi connectivity index (χ0n) is 9.49. The van der Waals surface area contributed by atoms with Gasteiger partial charge < -0.3 is 9.94 Å². The topological polar surface area (TPSA) is 84.5 Å². The number of nitrogens with two attached hydrogens (primary N) is 1. The quantitative estimate of drug-likeness (QED) is 0.594. The zero-order valence-corrected chi connectivity index (χ0v) is 10.3. The number of hydrogen-bond acceptors (Lipinski definition) is 7. The first-order chi connectivity index (χ1) is 7.60. The van der Waals surface area contributed by atoms with E-state index >= 15 is 0 Å². The molecule has 0 spiro atoms. The summed E-state index contributed by atoms with van der Waals surface area (Å²) < 4.78 is 5.95. The average Bonchev–Trinajstić information content (AvgIpc) is 2.36. The monoisotopic (exact) mass is 244 g/mol. The summed E-state index contributed by atoms with van der Waals surface area (Å²) >= 11 is 0.772. The fourth-order valence-corrected chi connectivity index (χ4v) is 1.54. The lowest BCUT2D eigenvalue weighted by Gasteiger charge is -2.24. The summed E-state index contributed by atoms with van der Waals surface area (Å²) in [4.78, 5) is 8.33. The number of aromatic nitrogens is 2. The molecule has 1 rings (SSSR count). The molecule has 1 aromatic rings. The van der Waals surface area contributed by atoms with Crippen molar-refractivity contribution >= 4 is 12.1 Å². The molecule has 90 valence electrons. The molecular formula is C9H16N4O2S. The van der Waals surface area contributed by atoms with Crippen LogP contribution in [0.2, 0.25) is 0 Å². The summed E-state index contributed by atoms with van der Waals surface area (Å²) in [5, 5.41) is 14.7. The van der Waals surface area contributed by atoms with Gasteiger partial charge in [-0.05, 0) is 6.92 Å². The van der Waals surface area contributed by atoms with Crippen LogP contribution in [0.15, 0.2) is 12.4 Å². The molecule has 0 amide bonds. The lowest BCUT2D eigenvalue weighted by Crippen LogP contribution is -2.30. The van der Waals surface area contributed by atoms with E-state index in [4.69, 9.17) is 9.88 Å². The standard InChI is InChI=1S/C9H16N4O2S/c1-6(7(2)13(14)16-10)9-11-4-8(15-3)5-12-9/h4-7,14H,10H2,1-3H3. The second-order valence-corrected chi connectivity index (χ2v) is 4.00. The summed E-state index contributed by atoms with van der Waals surface area (Å²) in [6.45, 7) is 3.77. The van der Waals surface area contributed by atoms with Crippen molar-refractivity contribution in [3.05, 3.63) is 18.2 Å². The van der Waals surface area contributed by atoms with Crippen molar-refractivity contribution in [2.45, 2.75) is 25.8 Å². The third-order valence-corrected chi connectivity index (χ3v) is 3.02. The fourth-order valence-electron chi connectivity index (χ4n) is 1.17. The maximum Gasteiger partial charge on any atom is 0.155 e. The van der Waals surface area contributed by atoms with E-state index in [0.29, 0.717) is 11.6 Å². The molecule has 0 aromatic carbocycles. The lowest BCUT2D eigenvalue weighted by atomic mass is 10.0. The van der Waals surface area contributed by atoms with Crippen molar-refractivity contribution in [2.24, 2.45) is 5.14 Å². The third kappa shape index (κ3) is 3.05. The van der Waals surface area contributed by atoms with Gasteiger partial charge >= 0.3 is 0 Å². The van der Waals surface area contributed by atoms with Gasteiger partial charge in [-0.3, -0.25) is 5.14 Å². The van der Waals surface area contributed by atoms with Gasteiger partial charge in [0, 0.05) is 18.1 Å². The van der Waals surface area contributed by atoms with Crippen LogP contribution >= 0.6 is 12.1 Å². The van der Waals surface area contributed by atoms with Gasteiger partial charge in [0.05, 0.1) is 25.5 Å². The molecule has 0 aliphatic heterocycles. The summed E-state index contributed by atoms with van der Waals surface area (Å²) in [5.74, 6) is 1.21. The molecule has 0 radical (unpaired) electrons. The predicted octanol–water partition coefficient (Wildman–Crippen LogP) is 1.19. The minimum absolute atomic E-state index is 0.0352. The van der Waals surface area contributed by atoms with Crippen molar-refractivity contribution < 1.29 is 9.94 Å². The summed E-state index contributed by atoms with van der Waals surface area (Å²) in [6, 6.07) is -0.177. The molecule has 2 unspecified atom stereocenters. The van der Waals surface area contributed by atoms with Crippen molar-refractivity contribution in [1.82, 2.24) is 14.4 Å². The van der Waals surface area contributed by atoms with Crippen molar-refractivity contribution in [3.63, 3.8) is 0 Å². The van der Waals surface area contributed by atoms with Crippen LogP contribution in [0.25, 0.3) is 0 Å². The Morgan fingerprint density at radius 1 is 1.44 bits per heavy atom. The van der Waals surface area contributed by atoms with Gasteiger partial charge in [0.25, 0.3) is 0 Å². The highest BCUT2D eigenvalue weighted by Crippen LogP contribution is 2.21. The Morgan fingerprint density at radius 2 is 2.00 bits per heavy atom. The Bertz CT molecular complexity index is 322. The first kappa shape index (κ1) is 13.2.